The van der Waals surface area contributed by atoms with Gasteiger partial charge in [0.1, 0.15) is 6.54 Å². The standard InChI is InChI=1S/C11H17F3N2O2/c12-11(13,14)6-15-10(18)5-16-3-7-1-2-9(17)8(7)4-16/h7-9,17H,1-6H2,(H,15,18). The molecule has 1 saturated heterocycles. The molecule has 1 saturated carbocycles. The first-order valence-electron chi connectivity index (χ1n) is 6.09. The minimum atomic E-state index is -4.37. The number of alkyl halides is 3. The molecule has 0 aromatic carbocycles. The molecule has 2 aliphatic rings. The number of carbonyl (C=O) groups excluding carboxylic acids is 1. The second-order valence-corrected chi connectivity index (χ2v) is 5.15. The number of aliphatic hydroxyl groups is 1. The summed E-state index contributed by atoms with van der Waals surface area (Å²) in [5, 5.41) is 11.5. The molecule has 18 heavy (non-hydrogen) atoms. The lowest BCUT2D eigenvalue weighted by Crippen LogP contribution is -2.40. The fourth-order valence-corrected chi connectivity index (χ4v) is 2.92. The van der Waals surface area contributed by atoms with E-state index in [1.54, 1.807) is 0 Å². The van der Waals surface area contributed by atoms with Crippen LogP contribution in [0.3, 0.4) is 0 Å². The van der Waals surface area contributed by atoms with Crippen LogP contribution in [0.25, 0.3) is 0 Å². The molecule has 0 bridgehead atoms. The first-order chi connectivity index (χ1) is 8.35. The molecule has 2 fully saturated rings. The number of carbonyl (C=O) groups is 1. The summed E-state index contributed by atoms with van der Waals surface area (Å²) in [5.74, 6) is -0.0439. The van der Waals surface area contributed by atoms with Gasteiger partial charge >= 0.3 is 6.18 Å². The van der Waals surface area contributed by atoms with Crippen molar-refractivity contribution in [2.75, 3.05) is 26.2 Å². The van der Waals surface area contributed by atoms with Crippen LogP contribution in [0.5, 0.6) is 0 Å². The van der Waals surface area contributed by atoms with Crippen LogP contribution in [0, 0.1) is 11.8 Å². The lowest BCUT2D eigenvalue weighted by Gasteiger charge is -2.17. The minimum absolute atomic E-state index is 0.0181. The zero-order valence-corrected chi connectivity index (χ0v) is 9.91. The van der Waals surface area contributed by atoms with E-state index >= 15 is 0 Å². The number of aliphatic hydroxyl groups excluding tert-OH is 1. The van der Waals surface area contributed by atoms with Crippen molar-refractivity contribution >= 4 is 5.91 Å². The quantitative estimate of drug-likeness (QED) is 0.776. The van der Waals surface area contributed by atoms with Gasteiger partial charge in [-0.05, 0) is 18.8 Å². The third-order valence-corrected chi connectivity index (χ3v) is 3.75. The third-order valence-electron chi connectivity index (χ3n) is 3.75. The predicted octanol–water partition coefficient (Wildman–Crippen LogP) is 0.368. The summed E-state index contributed by atoms with van der Waals surface area (Å²) in [6, 6.07) is 0. The Morgan fingerprint density at radius 1 is 1.33 bits per heavy atom. The van der Waals surface area contributed by atoms with Gasteiger partial charge in [-0.1, -0.05) is 0 Å². The molecule has 1 aliphatic carbocycles. The molecule has 1 heterocycles. The monoisotopic (exact) mass is 266 g/mol. The summed E-state index contributed by atoms with van der Waals surface area (Å²) >= 11 is 0. The topological polar surface area (TPSA) is 52.6 Å². The van der Waals surface area contributed by atoms with Crippen LogP contribution < -0.4 is 5.32 Å². The lowest BCUT2D eigenvalue weighted by molar-refractivity contribution is -0.139. The molecule has 2 rings (SSSR count). The Hall–Kier alpha value is -0.820. The van der Waals surface area contributed by atoms with Gasteiger partial charge in [0.05, 0.1) is 12.6 Å². The van der Waals surface area contributed by atoms with E-state index in [0.717, 1.165) is 12.8 Å². The maximum Gasteiger partial charge on any atom is 0.405 e. The van der Waals surface area contributed by atoms with Crippen LogP contribution in [-0.2, 0) is 4.79 Å². The molecule has 1 amide bonds. The molecule has 3 unspecified atom stereocenters. The molecular formula is C11H17F3N2O2. The van der Waals surface area contributed by atoms with E-state index in [1.165, 1.54) is 0 Å². The van der Waals surface area contributed by atoms with Gasteiger partial charge in [-0.15, -0.1) is 0 Å². The number of hydrogen-bond donors (Lipinski definition) is 2. The Kier molecular flexibility index (Phi) is 3.82. The Balaban J connectivity index is 1.73. The molecule has 104 valence electrons. The van der Waals surface area contributed by atoms with E-state index in [4.69, 9.17) is 0 Å². The van der Waals surface area contributed by atoms with Crippen molar-refractivity contribution in [1.29, 1.82) is 0 Å². The second kappa shape index (κ2) is 5.05. The maximum atomic E-state index is 11.9. The van der Waals surface area contributed by atoms with E-state index in [-0.39, 0.29) is 18.6 Å². The Morgan fingerprint density at radius 3 is 2.67 bits per heavy atom. The van der Waals surface area contributed by atoms with Gasteiger partial charge in [0.2, 0.25) is 5.91 Å². The molecular weight excluding hydrogens is 249 g/mol. The largest absolute Gasteiger partial charge is 0.405 e. The molecule has 7 heteroatoms. The predicted molar refractivity (Wildman–Crippen MR) is 57.7 cm³/mol. The van der Waals surface area contributed by atoms with Crippen LogP contribution in [0.15, 0.2) is 0 Å². The van der Waals surface area contributed by atoms with Crippen molar-refractivity contribution in [2.24, 2.45) is 11.8 Å². The van der Waals surface area contributed by atoms with E-state index in [9.17, 15) is 23.1 Å². The van der Waals surface area contributed by atoms with Crippen molar-refractivity contribution < 1.29 is 23.1 Å². The fourth-order valence-electron chi connectivity index (χ4n) is 2.92. The van der Waals surface area contributed by atoms with Crippen molar-refractivity contribution in [3.05, 3.63) is 0 Å². The molecule has 0 aromatic rings. The third kappa shape index (κ3) is 3.35. The zero-order valence-electron chi connectivity index (χ0n) is 9.91. The fraction of sp³-hybridized carbons (Fsp3) is 0.909. The van der Waals surface area contributed by atoms with E-state index in [1.807, 2.05) is 10.2 Å². The molecule has 0 aromatic heterocycles. The molecule has 3 atom stereocenters. The number of hydrogen-bond acceptors (Lipinski definition) is 3. The van der Waals surface area contributed by atoms with Crippen molar-refractivity contribution in [3.63, 3.8) is 0 Å². The van der Waals surface area contributed by atoms with Gasteiger partial charge in [-0.25, -0.2) is 0 Å². The summed E-state index contributed by atoms with van der Waals surface area (Å²) < 4.78 is 35.7. The first kappa shape index (κ1) is 13.6. The average Bonchev–Trinajstić information content (AvgIpc) is 2.78. The highest BCUT2D eigenvalue weighted by atomic mass is 19.4. The van der Waals surface area contributed by atoms with E-state index in [0.29, 0.717) is 19.0 Å². The van der Waals surface area contributed by atoms with Crippen LogP contribution in [0.4, 0.5) is 13.2 Å². The van der Waals surface area contributed by atoms with Crippen LogP contribution in [-0.4, -0.2) is 54.4 Å². The Morgan fingerprint density at radius 2 is 2.06 bits per heavy atom. The average molecular weight is 266 g/mol. The van der Waals surface area contributed by atoms with Crippen LogP contribution >= 0.6 is 0 Å². The van der Waals surface area contributed by atoms with Gasteiger partial charge < -0.3 is 10.4 Å². The van der Waals surface area contributed by atoms with Crippen LogP contribution in [0.1, 0.15) is 12.8 Å². The number of halogens is 3. The van der Waals surface area contributed by atoms with E-state index < -0.39 is 18.6 Å². The number of amides is 1. The van der Waals surface area contributed by atoms with Crippen molar-refractivity contribution in [3.8, 4) is 0 Å². The summed E-state index contributed by atoms with van der Waals surface area (Å²) in [4.78, 5) is 13.2. The highest BCUT2D eigenvalue weighted by Crippen LogP contribution is 2.37. The summed E-state index contributed by atoms with van der Waals surface area (Å²) in [6.45, 7) is -0.00259. The minimum Gasteiger partial charge on any atom is -0.393 e. The molecule has 0 spiro atoms. The molecule has 2 N–H and O–H groups in total. The first-order valence-corrected chi connectivity index (χ1v) is 6.09. The van der Waals surface area contributed by atoms with Gasteiger partial charge in [-0.2, -0.15) is 13.2 Å². The van der Waals surface area contributed by atoms with Gasteiger partial charge in [0.25, 0.3) is 0 Å². The SMILES string of the molecule is O=C(CN1CC2CCC(O)C2C1)NCC(F)(F)F. The number of fused-ring (bicyclic) bond motifs is 1. The molecule has 4 nitrogen and oxygen atoms in total. The highest BCUT2D eigenvalue weighted by molar-refractivity contribution is 5.78. The summed E-state index contributed by atoms with van der Waals surface area (Å²) in [5.41, 5.74) is 0. The number of nitrogens with zero attached hydrogens (tertiary/aromatic N) is 1. The van der Waals surface area contributed by atoms with Crippen LogP contribution in [0.2, 0.25) is 0 Å². The maximum absolute atomic E-state index is 11.9. The van der Waals surface area contributed by atoms with Crippen molar-refractivity contribution in [1.82, 2.24) is 10.2 Å². The smallest absolute Gasteiger partial charge is 0.393 e. The van der Waals surface area contributed by atoms with Gasteiger partial charge in [-0.3, -0.25) is 9.69 Å². The van der Waals surface area contributed by atoms with Crippen molar-refractivity contribution in [2.45, 2.75) is 25.1 Å². The van der Waals surface area contributed by atoms with Gasteiger partial charge in [0.15, 0.2) is 0 Å². The number of rotatable bonds is 3. The molecule has 1 aliphatic heterocycles. The second-order valence-electron chi connectivity index (χ2n) is 5.15. The summed E-state index contributed by atoms with van der Waals surface area (Å²) in [6.07, 6.45) is -2.96. The Bertz CT molecular complexity index is 322. The lowest BCUT2D eigenvalue weighted by atomic mass is 10.00. The Labute approximate surface area is 103 Å². The highest BCUT2D eigenvalue weighted by Gasteiger charge is 2.42. The number of likely N-dealkylation sites (tertiary alicyclic amines) is 1. The van der Waals surface area contributed by atoms with Gasteiger partial charge in [0, 0.05) is 19.0 Å². The normalized spacial score (nSPS) is 32.6. The number of nitrogens with one attached hydrogen (secondary N) is 1. The summed E-state index contributed by atoms with van der Waals surface area (Å²) in [7, 11) is 0. The zero-order chi connectivity index (χ0) is 13.3. The van der Waals surface area contributed by atoms with E-state index in [2.05, 4.69) is 0 Å². The molecule has 0 radical (unpaired) electrons.